The lowest BCUT2D eigenvalue weighted by Gasteiger charge is -2.26. The van der Waals surface area contributed by atoms with Crippen molar-refractivity contribution >= 4 is 12.1 Å². The molecule has 6 heteroatoms. The molecule has 0 spiro atoms. The summed E-state index contributed by atoms with van der Waals surface area (Å²) in [7, 11) is 0. The third kappa shape index (κ3) is 7.99. The highest BCUT2D eigenvalue weighted by atomic mass is 16.6. The van der Waals surface area contributed by atoms with Gasteiger partial charge in [-0.2, -0.15) is 0 Å². The van der Waals surface area contributed by atoms with Gasteiger partial charge >= 0.3 is 12.1 Å². The maximum atomic E-state index is 11.7. The fourth-order valence-electron chi connectivity index (χ4n) is 1.53. The van der Waals surface area contributed by atoms with E-state index in [1.54, 1.807) is 27.7 Å². The Balaban J connectivity index is 4.51. The van der Waals surface area contributed by atoms with Crippen LogP contribution in [0.15, 0.2) is 0 Å². The molecule has 118 valence electrons. The molecule has 0 aliphatic carbocycles. The molecule has 1 amide bonds. The van der Waals surface area contributed by atoms with Gasteiger partial charge in [0.1, 0.15) is 5.60 Å². The zero-order valence-corrected chi connectivity index (χ0v) is 13.2. The van der Waals surface area contributed by atoms with Crippen LogP contribution in [0.25, 0.3) is 0 Å². The Morgan fingerprint density at radius 3 is 2.20 bits per heavy atom. The summed E-state index contributed by atoms with van der Waals surface area (Å²) in [5.74, 6) is -0.629. The summed E-state index contributed by atoms with van der Waals surface area (Å²) in [5.41, 5.74) is -0.592. The first-order valence-corrected chi connectivity index (χ1v) is 6.91. The zero-order chi connectivity index (χ0) is 15.9. The summed E-state index contributed by atoms with van der Waals surface area (Å²) in [5, 5.41) is 12.4. The van der Waals surface area contributed by atoms with Gasteiger partial charge in [-0.25, -0.2) is 9.59 Å². The van der Waals surface area contributed by atoms with Gasteiger partial charge in [-0.1, -0.05) is 13.8 Å². The van der Waals surface area contributed by atoms with Crippen LogP contribution in [-0.2, 0) is 14.3 Å². The number of carbonyl (C=O) groups is 2. The smallest absolute Gasteiger partial charge is 0.407 e. The van der Waals surface area contributed by atoms with Crippen LogP contribution in [0.2, 0.25) is 0 Å². The van der Waals surface area contributed by atoms with Crippen molar-refractivity contribution in [1.29, 1.82) is 0 Å². The van der Waals surface area contributed by atoms with Crippen LogP contribution in [0, 0.1) is 5.92 Å². The monoisotopic (exact) mass is 289 g/mol. The van der Waals surface area contributed by atoms with Gasteiger partial charge in [0.25, 0.3) is 0 Å². The van der Waals surface area contributed by atoms with Gasteiger partial charge in [-0.3, -0.25) is 0 Å². The number of hydrogen-bond acceptors (Lipinski definition) is 5. The lowest BCUT2D eigenvalue weighted by Crippen LogP contribution is -2.44. The van der Waals surface area contributed by atoms with Crippen LogP contribution in [0.4, 0.5) is 4.79 Å². The van der Waals surface area contributed by atoms with Crippen molar-refractivity contribution < 1.29 is 24.2 Å². The molecular weight excluding hydrogens is 262 g/mol. The summed E-state index contributed by atoms with van der Waals surface area (Å²) in [6, 6.07) is -0.371. The highest BCUT2D eigenvalue weighted by Crippen LogP contribution is 2.12. The van der Waals surface area contributed by atoms with Crippen molar-refractivity contribution in [2.45, 2.75) is 65.7 Å². The third-order valence-corrected chi connectivity index (χ3v) is 2.54. The largest absolute Gasteiger partial charge is 0.464 e. The number of alkyl carbamates (subject to hydrolysis) is 1. The molecule has 0 unspecified atom stereocenters. The molecule has 0 radical (unpaired) electrons. The molecule has 0 saturated carbocycles. The van der Waals surface area contributed by atoms with Crippen molar-refractivity contribution in [2.24, 2.45) is 5.92 Å². The number of esters is 1. The average molecular weight is 289 g/mol. The predicted molar refractivity (Wildman–Crippen MR) is 75.3 cm³/mol. The van der Waals surface area contributed by atoms with Crippen molar-refractivity contribution in [2.75, 3.05) is 6.61 Å². The topological polar surface area (TPSA) is 84.9 Å². The van der Waals surface area contributed by atoms with E-state index in [2.05, 4.69) is 5.32 Å². The Labute approximate surface area is 120 Å². The van der Waals surface area contributed by atoms with Gasteiger partial charge in [-0.15, -0.1) is 0 Å². The van der Waals surface area contributed by atoms with E-state index in [1.807, 2.05) is 13.8 Å². The number of hydrogen-bond donors (Lipinski definition) is 2. The van der Waals surface area contributed by atoms with Gasteiger partial charge < -0.3 is 19.9 Å². The first kappa shape index (κ1) is 18.7. The van der Waals surface area contributed by atoms with Crippen molar-refractivity contribution in [3.63, 3.8) is 0 Å². The van der Waals surface area contributed by atoms with E-state index in [0.717, 1.165) is 0 Å². The lowest BCUT2D eigenvalue weighted by molar-refractivity contribution is -0.153. The summed E-state index contributed by atoms with van der Waals surface area (Å²) < 4.78 is 9.90. The molecule has 0 aromatic carbocycles. The Hall–Kier alpha value is -1.30. The number of amides is 1. The van der Waals surface area contributed by atoms with Gasteiger partial charge in [0.05, 0.1) is 6.61 Å². The molecule has 0 heterocycles. The van der Waals surface area contributed by atoms with Crippen LogP contribution in [0.5, 0.6) is 0 Å². The minimum absolute atomic E-state index is 0.0478. The Morgan fingerprint density at radius 1 is 1.25 bits per heavy atom. The third-order valence-electron chi connectivity index (χ3n) is 2.54. The second-order valence-corrected chi connectivity index (χ2v) is 6.00. The maximum Gasteiger partial charge on any atom is 0.407 e. The first-order chi connectivity index (χ1) is 9.06. The molecule has 2 atom stereocenters. The molecule has 0 bridgehead atoms. The summed E-state index contributed by atoms with van der Waals surface area (Å²) in [6.07, 6.45) is -1.72. The van der Waals surface area contributed by atoms with Crippen LogP contribution in [-0.4, -0.2) is 41.5 Å². The number of rotatable bonds is 6. The SMILES string of the molecule is CCOC(=O)[C@H](O)C[C@H](NC(=O)OC(C)(C)C)C(C)C. The Kier molecular flexibility index (Phi) is 7.57. The molecule has 2 N–H and O–H groups in total. The number of aliphatic hydroxyl groups is 1. The average Bonchev–Trinajstić information content (AvgIpc) is 2.25. The van der Waals surface area contributed by atoms with Crippen LogP contribution >= 0.6 is 0 Å². The molecule has 0 aliphatic rings. The second kappa shape index (κ2) is 8.09. The molecule has 0 aliphatic heterocycles. The van der Waals surface area contributed by atoms with Crippen molar-refractivity contribution in [1.82, 2.24) is 5.32 Å². The molecule has 20 heavy (non-hydrogen) atoms. The van der Waals surface area contributed by atoms with Crippen LogP contribution in [0.1, 0.15) is 48.0 Å². The van der Waals surface area contributed by atoms with E-state index in [-0.39, 0.29) is 25.0 Å². The molecule has 0 aromatic heterocycles. The minimum atomic E-state index is -1.25. The molecule has 0 aromatic rings. The predicted octanol–water partition coefficient (Wildman–Crippen LogP) is 1.85. The molecular formula is C14H27NO5. The number of nitrogens with one attached hydrogen (secondary N) is 1. The Bertz CT molecular complexity index is 322. The highest BCUT2D eigenvalue weighted by Gasteiger charge is 2.26. The normalized spacial score (nSPS) is 14.6. The summed E-state index contributed by atoms with van der Waals surface area (Å²) in [4.78, 5) is 23.1. The van der Waals surface area contributed by atoms with E-state index in [9.17, 15) is 14.7 Å². The fraction of sp³-hybridized carbons (Fsp3) is 0.857. The maximum absolute atomic E-state index is 11.7. The first-order valence-electron chi connectivity index (χ1n) is 6.91. The lowest BCUT2D eigenvalue weighted by atomic mass is 9.98. The minimum Gasteiger partial charge on any atom is -0.464 e. The molecule has 0 rings (SSSR count). The quantitative estimate of drug-likeness (QED) is 0.729. The zero-order valence-electron chi connectivity index (χ0n) is 13.2. The van der Waals surface area contributed by atoms with Gasteiger partial charge in [0.15, 0.2) is 6.10 Å². The number of ether oxygens (including phenoxy) is 2. The van der Waals surface area contributed by atoms with Gasteiger partial charge in [0.2, 0.25) is 0 Å². The van der Waals surface area contributed by atoms with E-state index >= 15 is 0 Å². The Morgan fingerprint density at radius 2 is 1.80 bits per heavy atom. The summed E-state index contributed by atoms with van der Waals surface area (Å²) >= 11 is 0. The van der Waals surface area contributed by atoms with Crippen LogP contribution < -0.4 is 5.32 Å². The number of carbonyl (C=O) groups excluding carboxylic acids is 2. The second-order valence-electron chi connectivity index (χ2n) is 6.00. The molecule has 0 saturated heterocycles. The van der Waals surface area contributed by atoms with E-state index in [1.165, 1.54) is 0 Å². The molecule has 0 fully saturated rings. The highest BCUT2D eigenvalue weighted by molar-refractivity contribution is 5.74. The number of aliphatic hydroxyl groups excluding tert-OH is 1. The van der Waals surface area contributed by atoms with Crippen molar-refractivity contribution in [3.8, 4) is 0 Å². The van der Waals surface area contributed by atoms with E-state index < -0.39 is 23.8 Å². The fourth-order valence-corrected chi connectivity index (χ4v) is 1.53. The molecule has 6 nitrogen and oxygen atoms in total. The van der Waals surface area contributed by atoms with Crippen molar-refractivity contribution in [3.05, 3.63) is 0 Å². The van der Waals surface area contributed by atoms with Crippen LogP contribution in [0.3, 0.4) is 0 Å². The van der Waals surface area contributed by atoms with Gasteiger partial charge in [0, 0.05) is 12.5 Å². The van der Waals surface area contributed by atoms with E-state index in [0.29, 0.717) is 0 Å². The van der Waals surface area contributed by atoms with E-state index in [4.69, 9.17) is 9.47 Å². The summed E-state index contributed by atoms with van der Waals surface area (Å²) in [6.45, 7) is 11.0. The standard InChI is InChI=1S/C14H27NO5/c1-7-19-12(17)11(16)8-10(9(2)3)15-13(18)20-14(4,5)6/h9-11,16H,7-8H2,1-6H3,(H,15,18)/t10-,11+/m0/s1. The van der Waals surface area contributed by atoms with Gasteiger partial charge in [-0.05, 0) is 33.6 Å².